The van der Waals surface area contributed by atoms with Crippen molar-refractivity contribution in [2.24, 2.45) is 5.92 Å². The van der Waals surface area contributed by atoms with Crippen molar-refractivity contribution in [2.45, 2.75) is 37.6 Å². The number of likely N-dealkylation sites (tertiary alicyclic amines) is 1. The quantitative estimate of drug-likeness (QED) is 0.728. The lowest BCUT2D eigenvalue weighted by Crippen LogP contribution is -2.60. The van der Waals surface area contributed by atoms with Crippen LogP contribution in [0.25, 0.3) is 0 Å². The molecule has 0 bridgehead atoms. The van der Waals surface area contributed by atoms with Crippen LogP contribution in [0.4, 0.5) is 0 Å². The smallest absolute Gasteiger partial charge is 0.327 e. The summed E-state index contributed by atoms with van der Waals surface area (Å²) in [6.45, 7) is 3.04. The molecule has 1 heterocycles. The maximum Gasteiger partial charge on any atom is 0.327 e. The van der Waals surface area contributed by atoms with Gasteiger partial charge in [-0.05, 0) is 51.7 Å². The highest BCUT2D eigenvalue weighted by atomic mass is 16.5. The summed E-state index contributed by atoms with van der Waals surface area (Å²) in [4.78, 5) is 14.5. The molecule has 2 fully saturated rings. The number of nitrogens with one attached hydrogen (secondary N) is 1. The fourth-order valence-corrected chi connectivity index (χ4v) is 2.97. The van der Waals surface area contributed by atoms with E-state index in [9.17, 15) is 4.79 Å². The highest BCUT2D eigenvalue weighted by Crippen LogP contribution is 2.41. The standard InChI is InChI=1S/C13H24N2O2/c1-14-13(11-6-7-11,12(16)17-2)10-15-8-4-3-5-9-15/h11,14H,3-10H2,1-2H3. The van der Waals surface area contributed by atoms with Crippen LogP contribution in [0.2, 0.25) is 0 Å². The molecular formula is C13H24N2O2. The van der Waals surface area contributed by atoms with E-state index in [1.807, 2.05) is 7.05 Å². The van der Waals surface area contributed by atoms with Crippen molar-refractivity contribution < 1.29 is 9.53 Å². The van der Waals surface area contributed by atoms with Gasteiger partial charge in [-0.1, -0.05) is 6.42 Å². The van der Waals surface area contributed by atoms with Crippen LogP contribution in [0.15, 0.2) is 0 Å². The van der Waals surface area contributed by atoms with Crippen LogP contribution < -0.4 is 5.32 Å². The topological polar surface area (TPSA) is 41.6 Å². The maximum absolute atomic E-state index is 12.1. The zero-order valence-electron chi connectivity index (χ0n) is 11.0. The first-order chi connectivity index (χ1) is 8.23. The normalized spacial score (nSPS) is 25.3. The lowest BCUT2D eigenvalue weighted by atomic mass is 9.91. The third kappa shape index (κ3) is 2.63. The van der Waals surface area contributed by atoms with Crippen LogP contribution in [0.3, 0.4) is 0 Å². The number of hydrogen-bond donors (Lipinski definition) is 1. The first-order valence-electron chi connectivity index (χ1n) is 6.72. The van der Waals surface area contributed by atoms with E-state index in [0.717, 1.165) is 32.5 Å². The fraction of sp³-hybridized carbons (Fsp3) is 0.923. The Morgan fingerprint density at radius 3 is 2.47 bits per heavy atom. The minimum absolute atomic E-state index is 0.0897. The average Bonchev–Trinajstić information content (AvgIpc) is 3.21. The molecule has 0 aromatic heterocycles. The first kappa shape index (κ1) is 12.8. The minimum Gasteiger partial charge on any atom is -0.468 e. The Hall–Kier alpha value is -0.610. The lowest BCUT2D eigenvalue weighted by Gasteiger charge is -2.37. The molecule has 4 heteroatoms. The molecule has 4 nitrogen and oxygen atoms in total. The molecule has 0 aromatic carbocycles. The van der Waals surface area contributed by atoms with Gasteiger partial charge in [0.25, 0.3) is 0 Å². The molecule has 1 saturated carbocycles. The van der Waals surface area contributed by atoms with Gasteiger partial charge in [0, 0.05) is 6.54 Å². The van der Waals surface area contributed by atoms with Crippen molar-refractivity contribution >= 4 is 5.97 Å². The molecule has 2 rings (SSSR count). The van der Waals surface area contributed by atoms with Gasteiger partial charge in [-0.3, -0.25) is 0 Å². The molecular weight excluding hydrogens is 216 g/mol. The Balaban J connectivity index is 2.05. The molecule has 98 valence electrons. The number of hydrogen-bond acceptors (Lipinski definition) is 4. The minimum atomic E-state index is -0.466. The van der Waals surface area contributed by atoms with Crippen molar-refractivity contribution in [3.63, 3.8) is 0 Å². The van der Waals surface area contributed by atoms with Gasteiger partial charge in [0.05, 0.1) is 7.11 Å². The third-order valence-corrected chi connectivity index (χ3v) is 4.19. The highest BCUT2D eigenvalue weighted by Gasteiger charge is 2.51. The van der Waals surface area contributed by atoms with Gasteiger partial charge in [0.15, 0.2) is 0 Å². The Morgan fingerprint density at radius 2 is 2.00 bits per heavy atom. The lowest BCUT2D eigenvalue weighted by molar-refractivity contribution is -0.150. The second-order valence-electron chi connectivity index (χ2n) is 5.32. The fourth-order valence-electron chi connectivity index (χ4n) is 2.97. The maximum atomic E-state index is 12.1. The average molecular weight is 240 g/mol. The van der Waals surface area contributed by atoms with Gasteiger partial charge < -0.3 is 15.0 Å². The van der Waals surface area contributed by atoms with Gasteiger partial charge in [-0.15, -0.1) is 0 Å². The zero-order valence-corrected chi connectivity index (χ0v) is 11.0. The van der Waals surface area contributed by atoms with Crippen LogP contribution in [0.1, 0.15) is 32.1 Å². The number of piperidine rings is 1. The molecule has 1 saturated heterocycles. The molecule has 1 aliphatic heterocycles. The van der Waals surface area contributed by atoms with Gasteiger partial charge >= 0.3 is 5.97 Å². The summed E-state index contributed by atoms with van der Waals surface area (Å²) in [7, 11) is 3.38. The number of likely N-dealkylation sites (N-methyl/N-ethyl adjacent to an activating group) is 1. The Labute approximate surface area is 104 Å². The van der Waals surface area contributed by atoms with Crippen molar-refractivity contribution in [3.05, 3.63) is 0 Å². The van der Waals surface area contributed by atoms with Gasteiger partial charge in [-0.25, -0.2) is 4.79 Å². The molecule has 0 spiro atoms. The van der Waals surface area contributed by atoms with E-state index in [1.54, 1.807) is 0 Å². The number of ether oxygens (including phenoxy) is 1. The van der Waals surface area contributed by atoms with E-state index >= 15 is 0 Å². The molecule has 0 amide bonds. The number of rotatable bonds is 5. The van der Waals surface area contributed by atoms with E-state index in [2.05, 4.69) is 10.2 Å². The summed E-state index contributed by atoms with van der Waals surface area (Å²) in [5.41, 5.74) is -0.466. The molecule has 1 aliphatic carbocycles. The van der Waals surface area contributed by atoms with Crippen LogP contribution >= 0.6 is 0 Å². The summed E-state index contributed by atoms with van der Waals surface area (Å²) >= 11 is 0. The molecule has 0 radical (unpaired) electrons. The predicted octanol–water partition coefficient (Wildman–Crippen LogP) is 1.01. The molecule has 1 N–H and O–H groups in total. The number of methoxy groups -OCH3 is 1. The van der Waals surface area contributed by atoms with E-state index < -0.39 is 5.54 Å². The number of nitrogens with zero attached hydrogens (tertiary/aromatic N) is 1. The summed E-state index contributed by atoms with van der Waals surface area (Å²) in [5, 5.41) is 3.26. The van der Waals surface area contributed by atoms with Crippen LogP contribution in [0.5, 0.6) is 0 Å². The van der Waals surface area contributed by atoms with E-state index in [1.165, 1.54) is 26.4 Å². The Morgan fingerprint density at radius 1 is 1.35 bits per heavy atom. The number of esters is 1. The van der Waals surface area contributed by atoms with Crippen molar-refractivity contribution in [1.82, 2.24) is 10.2 Å². The second kappa shape index (κ2) is 5.36. The van der Waals surface area contributed by atoms with Crippen molar-refractivity contribution in [1.29, 1.82) is 0 Å². The van der Waals surface area contributed by atoms with Gasteiger partial charge in [0.1, 0.15) is 5.54 Å². The summed E-state index contributed by atoms with van der Waals surface area (Å²) in [5.74, 6) is 0.370. The van der Waals surface area contributed by atoms with Crippen molar-refractivity contribution in [2.75, 3.05) is 33.8 Å². The van der Waals surface area contributed by atoms with Gasteiger partial charge in [-0.2, -0.15) is 0 Å². The van der Waals surface area contributed by atoms with Crippen LogP contribution in [-0.4, -0.2) is 50.2 Å². The third-order valence-electron chi connectivity index (χ3n) is 4.19. The first-order valence-corrected chi connectivity index (χ1v) is 6.72. The molecule has 2 aliphatic rings. The van der Waals surface area contributed by atoms with E-state index in [-0.39, 0.29) is 5.97 Å². The van der Waals surface area contributed by atoms with Crippen molar-refractivity contribution in [3.8, 4) is 0 Å². The zero-order chi connectivity index (χ0) is 12.3. The summed E-state index contributed by atoms with van der Waals surface area (Å²) in [6, 6.07) is 0. The monoisotopic (exact) mass is 240 g/mol. The predicted molar refractivity (Wildman–Crippen MR) is 66.8 cm³/mol. The molecule has 0 aromatic rings. The second-order valence-corrected chi connectivity index (χ2v) is 5.32. The molecule has 17 heavy (non-hydrogen) atoms. The van der Waals surface area contributed by atoms with Crippen LogP contribution in [0, 0.1) is 5.92 Å². The Bertz CT molecular complexity index is 273. The van der Waals surface area contributed by atoms with E-state index in [4.69, 9.17) is 4.74 Å². The summed E-state index contributed by atoms with van der Waals surface area (Å²) < 4.78 is 5.02. The SMILES string of the molecule is CNC(CN1CCCCC1)(C(=O)OC)C1CC1. The van der Waals surface area contributed by atoms with Crippen LogP contribution in [-0.2, 0) is 9.53 Å². The largest absolute Gasteiger partial charge is 0.468 e. The summed E-state index contributed by atoms with van der Waals surface area (Å²) in [6.07, 6.45) is 6.12. The molecule has 1 unspecified atom stereocenters. The Kier molecular flexibility index (Phi) is 4.05. The molecule has 1 atom stereocenters. The number of carbonyl (C=O) groups excluding carboxylic acids is 1. The van der Waals surface area contributed by atoms with E-state index in [0.29, 0.717) is 5.92 Å². The number of carbonyl (C=O) groups is 1. The van der Waals surface area contributed by atoms with Gasteiger partial charge in [0.2, 0.25) is 0 Å². The highest BCUT2D eigenvalue weighted by molar-refractivity contribution is 5.82.